The first kappa shape index (κ1) is 27.1. The summed E-state index contributed by atoms with van der Waals surface area (Å²) in [5.41, 5.74) is 5.54. The number of nitrogens with one attached hydrogen (secondary N) is 2. The molecule has 4 N–H and O–H groups in total. The molecule has 0 aromatic heterocycles. The Morgan fingerprint density at radius 3 is 2.24 bits per heavy atom. The predicted molar refractivity (Wildman–Crippen MR) is 126 cm³/mol. The average Bonchev–Trinajstić information content (AvgIpc) is 2.77. The van der Waals surface area contributed by atoms with Gasteiger partial charge in [-0.25, -0.2) is 4.79 Å². The van der Waals surface area contributed by atoms with E-state index in [1.807, 2.05) is 18.2 Å². The highest BCUT2D eigenvalue weighted by molar-refractivity contribution is 5.93. The normalized spacial score (nSPS) is 16.1. The van der Waals surface area contributed by atoms with Gasteiger partial charge in [0.15, 0.2) is 0 Å². The number of ether oxygens (including phenoxy) is 2. The van der Waals surface area contributed by atoms with Gasteiger partial charge in [0, 0.05) is 0 Å². The van der Waals surface area contributed by atoms with Crippen molar-refractivity contribution in [2.24, 2.45) is 11.7 Å². The lowest BCUT2D eigenvalue weighted by Crippen LogP contribution is -2.54. The van der Waals surface area contributed by atoms with Gasteiger partial charge >= 0.3 is 12.1 Å². The van der Waals surface area contributed by atoms with Crippen LogP contribution in [-0.2, 0) is 30.5 Å². The van der Waals surface area contributed by atoms with Gasteiger partial charge in [-0.15, -0.1) is 0 Å². The minimum atomic E-state index is -1.29. The second kappa shape index (κ2) is 13.0. The highest BCUT2D eigenvalue weighted by Gasteiger charge is 2.31. The van der Waals surface area contributed by atoms with Crippen molar-refractivity contribution in [3.05, 3.63) is 35.9 Å². The number of carbonyl (C=O) groups excluding carboxylic acids is 4. The van der Waals surface area contributed by atoms with Crippen molar-refractivity contribution in [1.29, 1.82) is 0 Å². The van der Waals surface area contributed by atoms with E-state index in [2.05, 4.69) is 10.6 Å². The molecule has 1 aliphatic carbocycles. The summed E-state index contributed by atoms with van der Waals surface area (Å²) in [5, 5.41) is 5.04. The number of primary amides is 1. The monoisotopic (exact) mass is 475 g/mol. The Hall–Kier alpha value is -3.10. The topological polar surface area (TPSA) is 137 Å². The molecule has 0 saturated heterocycles. The van der Waals surface area contributed by atoms with Crippen molar-refractivity contribution in [3.8, 4) is 0 Å². The smallest absolute Gasteiger partial charge is 0.408 e. The first-order valence-corrected chi connectivity index (χ1v) is 11.8. The van der Waals surface area contributed by atoms with Crippen LogP contribution in [0.5, 0.6) is 0 Å². The number of hydrogen-bond acceptors (Lipinski definition) is 6. The van der Waals surface area contributed by atoms with E-state index in [9.17, 15) is 19.2 Å². The van der Waals surface area contributed by atoms with E-state index in [4.69, 9.17) is 15.2 Å². The zero-order valence-electron chi connectivity index (χ0n) is 20.3. The fourth-order valence-electron chi connectivity index (χ4n) is 3.90. The van der Waals surface area contributed by atoms with E-state index in [-0.39, 0.29) is 6.61 Å². The summed E-state index contributed by atoms with van der Waals surface area (Å²) in [5.74, 6) is -1.73. The number of amides is 3. The van der Waals surface area contributed by atoms with Crippen molar-refractivity contribution in [3.63, 3.8) is 0 Å². The minimum Gasteiger partial charge on any atom is -0.461 e. The first-order valence-electron chi connectivity index (χ1n) is 11.8. The van der Waals surface area contributed by atoms with Gasteiger partial charge < -0.3 is 25.8 Å². The lowest BCUT2D eigenvalue weighted by atomic mass is 9.84. The van der Waals surface area contributed by atoms with Crippen LogP contribution in [0.3, 0.4) is 0 Å². The standard InChI is InChI=1S/C25H37N3O6/c1-25(2,3)34-24(32)28-20(15-21(29)33-16-18-12-8-5-9-13-18)23(31)27-19(22(26)30)14-17-10-6-4-7-11-17/h5,8-9,12-13,17,19-20H,4,6-7,10-11,14-16H2,1-3H3,(H2,26,30)(H,27,31)(H,28,32)/t19-,20-/m0/s1. The van der Waals surface area contributed by atoms with Gasteiger partial charge in [-0.2, -0.15) is 0 Å². The van der Waals surface area contributed by atoms with Crippen molar-refractivity contribution in [2.45, 2.75) is 90.0 Å². The van der Waals surface area contributed by atoms with Crippen LogP contribution in [0.4, 0.5) is 4.79 Å². The van der Waals surface area contributed by atoms with Crippen molar-refractivity contribution >= 4 is 23.9 Å². The Balaban J connectivity index is 2.04. The third kappa shape index (κ3) is 10.2. The molecule has 2 rings (SSSR count). The molecule has 0 aliphatic heterocycles. The summed E-state index contributed by atoms with van der Waals surface area (Å²) in [4.78, 5) is 49.8. The van der Waals surface area contributed by atoms with Gasteiger partial charge in [-0.3, -0.25) is 14.4 Å². The van der Waals surface area contributed by atoms with Crippen molar-refractivity contribution in [1.82, 2.24) is 10.6 Å². The molecule has 0 spiro atoms. The Bertz CT molecular complexity index is 831. The summed E-state index contributed by atoms with van der Waals surface area (Å²) in [6.45, 7) is 5.08. The number of carbonyl (C=O) groups is 4. The van der Waals surface area contributed by atoms with Crippen LogP contribution >= 0.6 is 0 Å². The Labute approximate surface area is 201 Å². The number of nitrogens with two attached hydrogens (primary N) is 1. The Morgan fingerprint density at radius 2 is 1.65 bits per heavy atom. The van der Waals surface area contributed by atoms with E-state index in [1.54, 1.807) is 32.9 Å². The van der Waals surface area contributed by atoms with Crippen LogP contribution in [0.15, 0.2) is 30.3 Å². The molecule has 1 fully saturated rings. The average molecular weight is 476 g/mol. The molecule has 9 heteroatoms. The SMILES string of the molecule is CC(C)(C)OC(=O)N[C@@H](CC(=O)OCc1ccccc1)C(=O)N[C@@H](CC1CCCCC1)C(N)=O. The van der Waals surface area contributed by atoms with Crippen LogP contribution in [-0.4, -0.2) is 41.6 Å². The highest BCUT2D eigenvalue weighted by Crippen LogP contribution is 2.27. The second-order valence-electron chi connectivity index (χ2n) is 9.75. The first-order chi connectivity index (χ1) is 16.0. The maximum absolute atomic E-state index is 13.0. The van der Waals surface area contributed by atoms with Gasteiger partial charge in [0.1, 0.15) is 24.3 Å². The largest absolute Gasteiger partial charge is 0.461 e. The lowest BCUT2D eigenvalue weighted by molar-refractivity contribution is -0.147. The van der Waals surface area contributed by atoms with Crippen molar-refractivity contribution in [2.75, 3.05) is 0 Å². The number of benzene rings is 1. The molecule has 0 radical (unpaired) electrons. The number of esters is 1. The summed E-state index contributed by atoms with van der Waals surface area (Å²) in [6.07, 6.45) is 4.44. The van der Waals surface area contributed by atoms with Crippen LogP contribution in [0.2, 0.25) is 0 Å². The minimum absolute atomic E-state index is 0.0338. The van der Waals surface area contributed by atoms with E-state index in [0.29, 0.717) is 12.3 Å². The Morgan fingerprint density at radius 1 is 1.00 bits per heavy atom. The molecule has 1 aromatic carbocycles. The second-order valence-corrected chi connectivity index (χ2v) is 9.75. The molecule has 1 aliphatic rings. The number of hydrogen-bond donors (Lipinski definition) is 3. The molecule has 1 aromatic rings. The molecule has 0 unspecified atom stereocenters. The van der Waals surface area contributed by atoms with Gasteiger partial charge in [-0.1, -0.05) is 62.4 Å². The number of rotatable bonds is 10. The van der Waals surface area contributed by atoms with Gasteiger partial charge in [0.05, 0.1) is 6.42 Å². The molecule has 188 valence electrons. The van der Waals surface area contributed by atoms with Crippen molar-refractivity contribution < 1.29 is 28.7 Å². The Kier molecular flexibility index (Phi) is 10.3. The maximum Gasteiger partial charge on any atom is 0.408 e. The summed E-state index contributed by atoms with van der Waals surface area (Å²) in [6, 6.07) is 6.92. The third-order valence-corrected chi connectivity index (χ3v) is 5.57. The fourth-order valence-corrected chi connectivity index (χ4v) is 3.90. The van der Waals surface area contributed by atoms with Gasteiger partial charge in [-0.05, 0) is 38.7 Å². The van der Waals surface area contributed by atoms with Gasteiger partial charge in [0.25, 0.3) is 0 Å². The molecular formula is C25H37N3O6. The molecular weight excluding hydrogens is 438 g/mol. The van der Waals surface area contributed by atoms with Crippen LogP contribution in [0.1, 0.15) is 71.3 Å². The molecule has 34 heavy (non-hydrogen) atoms. The lowest BCUT2D eigenvalue weighted by Gasteiger charge is -2.27. The zero-order chi connectivity index (χ0) is 25.1. The molecule has 0 bridgehead atoms. The fraction of sp³-hybridized carbons (Fsp3) is 0.600. The molecule has 0 heterocycles. The molecule has 2 atom stereocenters. The van der Waals surface area contributed by atoms with Crippen LogP contribution in [0, 0.1) is 5.92 Å². The quantitative estimate of drug-likeness (QED) is 0.445. The maximum atomic E-state index is 13.0. The predicted octanol–water partition coefficient (Wildman–Crippen LogP) is 2.95. The highest BCUT2D eigenvalue weighted by atomic mass is 16.6. The van der Waals surface area contributed by atoms with Crippen LogP contribution < -0.4 is 16.4 Å². The molecule has 1 saturated carbocycles. The van der Waals surface area contributed by atoms with E-state index in [1.165, 1.54) is 0 Å². The van der Waals surface area contributed by atoms with Gasteiger partial charge in [0.2, 0.25) is 11.8 Å². The van der Waals surface area contributed by atoms with Crippen LogP contribution in [0.25, 0.3) is 0 Å². The summed E-state index contributed by atoms with van der Waals surface area (Å²) < 4.78 is 10.5. The molecule has 9 nitrogen and oxygen atoms in total. The molecule has 3 amide bonds. The summed E-state index contributed by atoms with van der Waals surface area (Å²) in [7, 11) is 0. The van der Waals surface area contributed by atoms with E-state index >= 15 is 0 Å². The van der Waals surface area contributed by atoms with E-state index in [0.717, 1.165) is 37.7 Å². The van der Waals surface area contributed by atoms with E-state index < -0.39 is 48.0 Å². The summed E-state index contributed by atoms with van der Waals surface area (Å²) >= 11 is 0. The number of alkyl carbamates (subject to hydrolysis) is 1. The third-order valence-electron chi connectivity index (χ3n) is 5.57. The zero-order valence-corrected chi connectivity index (χ0v) is 20.3.